The Morgan fingerprint density at radius 1 is 1.21 bits per heavy atom. The van der Waals surface area contributed by atoms with Crippen LogP contribution in [0.2, 0.25) is 0 Å². The van der Waals surface area contributed by atoms with Gasteiger partial charge in [-0.3, -0.25) is 4.98 Å². The predicted octanol–water partition coefficient (Wildman–Crippen LogP) is 2.78. The number of pyridine rings is 1. The molecule has 0 radical (unpaired) electrons. The van der Waals surface area contributed by atoms with Gasteiger partial charge in [-0.2, -0.15) is 0 Å². The highest BCUT2D eigenvalue weighted by Gasteiger charge is 2.11. The predicted molar refractivity (Wildman–Crippen MR) is 60.1 cm³/mol. The first-order valence-corrected chi connectivity index (χ1v) is 5.27. The molecule has 2 nitrogen and oxygen atoms in total. The first-order valence-electron chi connectivity index (χ1n) is 5.27. The summed E-state index contributed by atoms with van der Waals surface area (Å²) < 4.78 is 0. The van der Waals surface area contributed by atoms with Gasteiger partial charge >= 0.3 is 0 Å². The number of hydrogen-bond donors (Lipinski definition) is 1. The zero-order chi connectivity index (χ0) is 10.6. The molecule has 0 aliphatic carbocycles. The first kappa shape index (κ1) is 11.2. The maximum absolute atomic E-state index is 4.12. The third kappa shape index (κ3) is 3.11. The Morgan fingerprint density at radius 3 is 2.43 bits per heavy atom. The normalized spacial score (nSPS) is 15.5. The zero-order valence-corrected chi connectivity index (χ0v) is 9.49. The van der Waals surface area contributed by atoms with Crippen molar-refractivity contribution in [2.75, 3.05) is 0 Å². The maximum Gasteiger partial charge on any atom is 0.0315 e. The Labute approximate surface area is 86.8 Å². The van der Waals surface area contributed by atoms with Crippen LogP contribution in [0, 0.1) is 5.92 Å². The summed E-state index contributed by atoms with van der Waals surface area (Å²) >= 11 is 0. The number of aromatic nitrogens is 1. The van der Waals surface area contributed by atoms with Crippen LogP contribution in [0.1, 0.15) is 39.3 Å². The van der Waals surface area contributed by atoms with Gasteiger partial charge in [0.05, 0.1) is 0 Å². The summed E-state index contributed by atoms with van der Waals surface area (Å²) in [6, 6.07) is 5.00. The summed E-state index contributed by atoms with van der Waals surface area (Å²) in [4.78, 5) is 4.12. The largest absolute Gasteiger partial charge is 0.307 e. The van der Waals surface area contributed by atoms with Crippen molar-refractivity contribution in [3.8, 4) is 0 Å². The fourth-order valence-electron chi connectivity index (χ4n) is 1.32. The molecule has 14 heavy (non-hydrogen) atoms. The van der Waals surface area contributed by atoms with Crippen LogP contribution in [0.5, 0.6) is 0 Å². The highest BCUT2D eigenvalue weighted by Crippen LogP contribution is 2.12. The van der Waals surface area contributed by atoms with E-state index in [-0.39, 0.29) is 0 Å². The number of hydrogen-bond acceptors (Lipinski definition) is 2. The van der Waals surface area contributed by atoms with E-state index in [0.29, 0.717) is 18.0 Å². The Morgan fingerprint density at radius 2 is 1.93 bits per heavy atom. The second-order valence-corrected chi connectivity index (χ2v) is 4.21. The lowest BCUT2D eigenvalue weighted by molar-refractivity contribution is 0.388. The van der Waals surface area contributed by atoms with Crippen LogP contribution in [-0.4, -0.2) is 11.0 Å². The lowest BCUT2D eigenvalue weighted by atomic mass is 10.0. The molecule has 2 unspecified atom stereocenters. The molecule has 0 saturated heterocycles. The molecule has 78 valence electrons. The maximum atomic E-state index is 4.12. The van der Waals surface area contributed by atoms with Crippen molar-refractivity contribution in [1.29, 1.82) is 0 Å². The third-order valence-corrected chi connectivity index (χ3v) is 2.70. The van der Waals surface area contributed by atoms with Crippen LogP contribution in [0.4, 0.5) is 0 Å². The Balaban J connectivity index is 2.55. The van der Waals surface area contributed by atoms with Gasteiger partial charge in [0.15, 0.2) is 0 Å². The van der Waals surface area contributed by atoms with Crippen LogP contribution in [0.3, 0.4) is 0 Å². The van der Waals surface area contributed by atoms with Gasteiger partial charge in [-0.15, -0.1) is 0 Å². The minimum absolute atomic E-state index is 0.376. The van der Waals surface area contributed by atoms with E-state index in [1.54, 1.807) is 0 Å². The van der Waals surface area contributed by atoms with Gasteiger partial charge in [0.2, 0.25) is 0 Å². The third-order valence-electron chi connectivity index (χ3n) is 2.70. The zero-order valence-electron chi connectivity index (χ0n) is 9.49. The molecule has 0 fully saturated rings. The Bertz CT molecular complexity index is 256. The van der Waals surface area contributed by atoms with Crippen molar-refractivity contribution < 1.29 is 0 Å². The minimum Gasteiger partial charge on any atom is -0.307 e. The highest BCUT2D eigenvalue weighted by molar-refractivity contribution is 5.12. The van der Waals surface area contributed by atoms with Gasteiger partial charge in [-0.25, -0.2) is 0 Å². The van der Waals surface area contributed by atoms with E-state index in [2.05, 4.69) is 44.1 Å². The fourth-order valence-corrected chi connectivity index (χ4v) is 1.32. The lowest BCUT2D eigenvalue weighted by Crippen LogP contribution is -2.32. The molecule has 2 atom stereocenters. The average Bonchev–Trinajstić information content (AvgIpc) is 2.19. The fraction of sp³-hybridized carbons (Fsp3) is 0.583. The Kier molecular flexibility index (Phi) is 4.08. The van der Waals surface area contributed by atoms with Crippen molar-refractivity contribution in [2.45, 2.75) is 39.8 Å². The average molecular weight is 192 g/mol. The summed E-state index contributed by atoms with van der Waals surface area (Å²) in [6.45, 7) is 8.86. The standard InChI is InChI=1S/C12H20N2/c1-9(2)10(3)14-11(4)12-6-5-7-13-8-12/h5-11,14H,1-4H3. The van der Waals surface area contributed by atoms with Crippen molar-refractivity contribution >= 4 is 0 Å². The van der Waals surface area contributed by atoms with Crippen LogP contribution in [-0.2, 0) is 0 Å². The van der Waals surface area contributed by atoms with Gasteiger partial charge in [-0.1, -0.05) is 19.9 Å². The van der Waals surface area contributed by atoms with Crippen molar-refractivity contribution in [1.82, 2.24) is 10.3 Å². The first-order chi connectivity index (χ1) is 6.61. The molecular weight excluding hydrogens is 172 g/mol. The highest BCUT2D eigenvalue weighted by atomic mass is 14.9. The van der Waals surface area contributed by atoms with Crippen LogP contribution < -0.4 is 5.32 Å². The van der Waals surface area contributed by atoms with E-state index < -0.39 is 0 Å². The molecule has 1 N–H and O–H groups in total. The van der Waals surface area contributed by atoms with Crippen molar-refractivity contribution in [2.24, 2.45) is 5.92 Å². The van der Waals surface area contributed by atoms with Gasteiger partial charge < -0.3 is 5.32 Å². The smallest absolute Gasteiger partial charge is 0.0315 e. The second-order valence-electron chi connectivity index (χ2n) is 4.21. The summed E-state index contributed by atoms with van der Waals surface area (Å²) in [5.74, 6) is 0.661. The van der Waals surface area contributed by atoms with Crippen molar-refractivity contribution in [3.63, 3.8) is 0 Å². The molecule has 0 bridgehead atoms. The van der Waals surface area contributed by atoms with E-state index in [0.717, 1.165) is 0 Å². The van der Waals surface area contributed by atoms with Crippen molar-refractivity contribution in [3.05, 3.63) is 30.1 Å². The Hall–Kier alpha value is -0.890. The number of nitrogens with zero attached hydrogens (tertiary/aromatic N) is 1. The topological polar surface area (TPSA) is 24.9 Å². The van der Waals surface area contributed by atoms with Gasteiger partial charge in [0.25, 0.3) is 0 Å². The summed E-state index contributed by atoms with van der Waals surface area (Å²) in [5, 5.41) is 3.56. The number of rotatable bonds is 4. The van der Waals surface area contributed by atoms with E-state index in [1.165, 1.54) is 5.56 Å². The van der Waals surface area contributed by atoms with E-state index in [9.17, 15) is 0 Å². The number of nitrogens with one attached hydrogen (secondary N) is 1. The van der Waals surface area contributed by atoms with E-state index in [4.69, 9.17) is 0 Å². The molecule has 1 heterocycles. The minimum atomic E-state index is 0.376. The van der Waals surface area contributed by atoms with Crippen LogP contribution >= 0.6 is 0 Å². The molecular formula is C12H20N2. The molecule has 0 saturated carbocycles. The molecule has 1 rings (SSSR count). The molecule has 0 aliphatic heterocycles. The molecule has 0 amide bonds. The van der Waals surface area contributed by atoms with Gasteiger partial charge in [-0.05, 0) is 31.4 Å². The molecule has 0 aromatic carbocycles. The molecule has 1 aromatic rings. The van der Waals surface area contributed by atoms with Gasteiger partial charge in [0.1, 0.15) is 0 Å². The van der Waals surface area contributed by atoms with Crippen LogP contribution in [0.15, 0.2) is 24.5 Å². The lowest BCUT2D eigenvalue weighted by Gasteiger charge is -2.22. The van der Waals surface area contributed by atoms with Gasteiger partial charge in [0, 0.05) is 24.5 Å². The molecule has 0 aliphatic rings. The van der Waals surface area contributed by atoms with Crippen LogP contribution in [0.25, 0.3) is 0 Å². The second kappa shape index (κ2) is 5.11. The van der Waals surface area contributed by atoms with E-state index in [1.807, 2.05) is 18.5 Å². The summed E-state index contributed by atoms with van der Waals surface area (Å²) in [6.07, 6.45) is 3.73. The quantitative estimate of drug-likeness (QED) is 0.793. The summed E-state index contributed by atoms with van der Waals surface area (Å²) in [7, 11) is 0. The summed E-state index contributed by atoms with van der Waals surface area (Å²) in [5.41, 5.74) is 1.25. The SMILES string of the molecule is CC(NC(C)C(C)C)c1cccnc1. The molecule has 1 aromatic heterocycles. The monoisotopic (exact) mass is 192 g/mol. The molecule has 0 spiro atoms. The van der Waals surface area contributed by atoms with E-state index >= 15 is 0 Å². The molecule has 2 heteroatoms.